The van der Waals surface area contributed by atoms with Crippen LogP contribution in [0.1, 0.15) is 32.2 Å². The predicted octanol–water partition coefficient (Wildman–Crippen LogP) is 4.77. The Morgan fingerprint density at radius 2 is 1.92 bits per heavy atom. The van der Waals surface area contributed by atoms with Crippen molar-refractivity contribution in [3.05, 3.63) is 78.7 Å². The van der Waals surface area contributed by atoms with Gasteiger partial charge in [0.25, 0.3) is 0 Å². The van der Waals surface area contributed by atoms with E-state index in [2.05, 4.69) is 35.9 Å². The van der Waals surface area contributed by atoms with Gasteiger partial charge in [0.1, 0.15) is 12.0 Å². The second-order valence-electron chi connectivity index (χ2n) is 10.4. The molecule has 1 saturated heterocycles. The first-order chi connectivity index (χ1) is 18.3. The summed E-state index contributed by atoms with van der Waals surface area (Å²) in [5.74, 6) is 0.642. The fraction of sp³-hybridized carbons (Fsp3) is 0.179. The van der Waals surface area contributed by atoms with Crippen molar-refractivity contribution in [3.8, 4) is 22.4 Å². The lowest BCUT2D eigenvalue weighted by Crippen LogP contribution is -2.27. The van der Waals surface area contributed by atoms with Gasteiger partial charge in [0.15, 0.2) is 5.65 Å². The topological polar surface area (TPSA) is 144 Å². The van der Waals surface area contributed by atoms with E-state index in [1.165, 1.54) is 0 Å². The summed E-state index contributed by atoms with van der Waals surface area (Å²) in [6.07, 6.45) is 10.3. The minimum Gasteiger partial charge on any atom is -0.472 e. The molecule has 38 heavy (non-hydrogen) atoms. The van der Waals surface area contributed by atoms with Gasteiger partial charge in [-0.1, -0.05) is 20.8 Å². The summed E-state index contributed by atoms with van der Waals surface area (Å²) >= 11 is 0. The van der Waals surface area contributed by atoms with Crippen LogP contribution in [0.4, 0.5) is 11.4 Å². The van der Waals surface area contributed by atoms with Crippen molar-refractivity contribution in [3.63, 3.8) is 0 Å². The second kappa shape index (κ2) is 8.01. The smallest absolute Gasteiger partial charge is 0.229 e. The van der Waals surface area contributed by atoms with Gasteiger partial charge in [-0.2, -0.15) is 0 Å². The van der Waals surface area contributed by atoms with Crippen molar-refractivity contribution >= 4 is 34.0 Å². The number of pyridine rings is 3. The van der Waals surface area contributed by atoms with E-state index in [9.17, 15) is 4.79 Å². The number of hydrogen-bond acceptors (Lipinski definition) is 8. The fourth-order valence-corrected chi connectivity index (χ4v) is 4.58. The molecule has 0 radical (unpaired) electrons. The lowest BCUT2D eigenvalue weighted by Gasteiger charge is -2.18. The number of carbonyl (C=O) groups is 1. The Hall–Kier alpha value is -4.99. The Morgan fingerprint density at radius 1 is 1.03 bits per heavy atom. The maximum atomic E-state index is 12.5. The Bertz CT molecular complexity index is 1760. The monoisotopic (exact) mass is 504 g/mol. The number of amides is 1. The molecule has 1 unspecified atom stereocenters. The molecule has 188 valence electrons. The Kier molecular flexibility index (Phi) is 4.68. The molecule has 7 heterocycles. The van der Waals surface area contributed by atoms with Crippen molar-refractivity contribution in [1.82, 2.24) is 30.2 Å². The molecule has 0 aliphatic carbocycles. The van der Waals surface area contributed by atoms with Crippen molar-refractivity contribution in [2.75, 3.05) is 10.6 Å². The number of aromatic nitrogens is 5. The van der Waals surface area contributed by atoms with Crippen LogP contribution in [-0.2, 0) is 4.79 Å². The average molecular weight is 505 g/mol. The number of H-pyrrole nitrogens is 1. The molecule has 0 aromatic carbocycles. The Morgan fingerprint density at radius 3 is 2.74 bits per heavy atom. The maximum absolute atomic E-state index is 12.5. The van der Waals surface area contributed by atoms with E-state index in [4.69, 9.17) is 9.40 Å². The molecule has 2 aliphatic heterocycles. The molecular weight excluding hydrogens is 480 g/mol. The van der Waals surface area contributed by atoms with Gasteiger partial charge in [-0.05, 0) is 24.3 Å². The van der Waals surface area contributed by atoms with Crippen molar-refractivity contribution in [1.29, 1.82) is 0 Å². The molecule has 0 bridgehead atoms. The molecule has 2 aliphatic rings. The Labute approximate surface area is 217 Å². The first-order valence-electron chi connectivity index (χ1n) is 12.3. The minimum absolute atomic E-state index is 0.0391. The number of nitrogens with one attached hydrogen (secondary N) is 4. The zero-order chi connectivity index (χ0) is 26.0. The summed E-state index contributed by atoms with van der Waals surface area (Å²) in [4.78, 5) is 34.4. The first-order valence-corrected chi connectivity index (χ1v) is 12.3. The summed E-state index contributed by atoms with van der Waals surface area (Å²) < 4.78 is 5.29. The molecule has 1 fully saturated rings. The summed E-state index contributed by atoms with van der Waals surface area (Å²) in [5.41, 5.74) is 8.91. The van der Waals surface area contributed by atoms with Gasteiger partial charge < -0.3 is 25.4 Å². The molecule has 5 aromatic rings. The van der Waals surface area contributed by atoms with Gasteiger partial charge in [-0.25, -0.2) is 9.97 Å². The molecule has 10 heteroatoms. The van der Waals surface area contributed by atoms with Crippen LogP contribution in [0.3, 0.4) is 0 Å². The molecule has 7 rings (SSSR count). The third-order valence-electron chi connectivity index (χ3n) is 6.68. The van der Waals surface area contributed by atoms with Crippen LogP contribution in [0.5, 0.6) is 0 Å². The van der Waals surface area contributed by atoms with Crippen LogP contribution in [0.2, 0.25) is 0 Å². The average Bonchev–Trinajstić information content (AvgIpc) is 3.27. The van der Waals surface area contributed by atoms with Crippen LogP contribution in [0.15, 0.2) is 71.7 Å². The van der Waals surface area contributed by atoms with Crippen LogP contribution >= 0.6 is 0 Å². The number of carbonyl (C=O) groups excluding carboxylic acids is 1. The highest BCUT2D eigenvalue weighted by Crippen LogP contribution is 2.43. The third-order valence-corrected chi connectivity index (χ3v) is 6.68. The normalized spacial score (nSPS) is 15.9. The van der Waals surface area contributed by atoms with Gasteiger partial charge in [0, 0.05) is 45.6 Å². The Balaban J connectivity index is 1.29. The number of imidazole rings is 1. The summed E-state index contributed by atoms with van der Waals surface area (Å²) in [6, 6.07) is 7.77. The molecule has 5 aromatic heterocycles. The van der Waals surface area contributed by atoms with E-state index < -0.39 is 5.41 Å². The van der Waals surface area contributed by atoms with Gasteiger partial charge in [-0.3, -0.25) is 14.8 Å². The standard InChI is InChI=1S/C28H24N8O2/c1-28(2,3)27(37)32-16-8-15(10-29-11-16)19-9-18-20(12-31-19)33-26-23(35-26)21(18)24-34-22-17(14-5-7-38-13-14)4-6-30-25(22)36-24/h4-13,26,33,35H,1-3H3,(H,32,37)(H,30,34,36). The molecule has 0 spiro atoms. The van der Waals surface area contributed by atoms with E-state index in [1.54, 1.807) is 31.1 Å². The molecule has 1 atom stereocenters. The maximum Gasteiger partial charge on any atom is 0.229 e. The number of anilines is 2. The minimum atomic E-state index is -0.514. The third kappa shape index (κ3) is 3.69. The lowest BCUT2D eigenvalue weighted by atomic mass is 9.95. The van der Waals surface area contributed by atoms with Gasteiger partial charge in [-0.15, -0.1) is 0 Å². The van der Waals surface area contributed by atoms with Crippen molar-refractivity contribution in [2.45, 2.75) is 26.9 Å². The summed E-state index contributed by atoms with van der Waals surface area (Å²) in [7, 11) is 0. The SMILES string of the molecule is CC(C)(C)C(=O)Nc1cncc(-c2cc3c(cn2)NC2NC2=C3c2nc3nccc(-c4ccoc4)c3[nH]2)c1. The zero-order valence-electron chi connectivity index (χ0n) is 21.0. The fourth-order valence-electron chi connectivity index (χ4n) is 4.58. The van der Waals surface area contributed by atoms with E-state index >= 15 is 0 Å². The van der Waals surface area contributed by atoms with E-state index in [1.807, 2.05) is 51.2 Å². The highest BCUT2D eigenvalue weighted by atomic mass is 16.3. The van der Waals surface area contributed by atoms with Gasteiger partial charge >= 0.3 is 0 Å². The first kappa shape index (κ1) is 22.2. The number of rotatable bonds is 4. The second-order valence-corrected chi connectivity index (χ2v) is 10.4. The van der Waals surface area contributed by atoms with Crippen LogP contribution in [0, 0.1) is 5.41 Å². The predicted molar refractivity (Wildman–Crippen MR) is 144 cm³/mol. The van der Waals surface area contributed by atoms with E-state index in [0.717, 1.165) is 56.2 Å². The lowest BCUT2D eigenvalue weighted by molar-refractivity contribution is -0.123. The van der Waals surface area contributed by atoms with E-state index in [-0.39, 0.29) is 12.1 Å². The molecule has 4 N–H and O–H groups in total. The zero-order valence-corrected chi connectivity index (χ0v) is 21.0. The molecular formula is C28H24N8O2. The highest BCUT2D eigenvalue weighted by Gasteiger charge is 2.40. The van der Waals surface area contributed by atoms with Crippen LogP contribution < -0.4 is 16.0 Å². The largest absolute Gasteiger partial charge is 0.472 e. The van der Waals surface area contributed by atoms with E-state index in [0.29, 0.717) is 11.3 Å². The van der Waals surface area contributed by atoms with Crippen molar-refractivity contribution in [2.24, 2.45) is 5.41 Å². The molecule has 10 nitrogen and oxygen atoms in total. The number of fused-ring (bicyclic) bond motifs is 3. The highest BCUT2D eigenvalue weighted by molar-refractivity contribution is 5.97. The summed E-state index contributed by atoms with van der Waals surface area (Å²) in [5, 5.41) is 9.81. The van der Waals surface area contributed by atoms with Gasteiger partial charge in [0.05, 0.1) is 53.2 Å². The van der Waals surface area contributed by atoms with Crippen LogP contribution in [0.25, 0.3) is 39.1 Å². The number of nitrogens with zero attached hydrogens (tertiary/aromatic N) is 4. The van der Waals surface area contributed by atoms with Crippen LogP contribution in [-0.4, -0.2) is 37.0 Å². The summed E-state index contributed by atoms with van der Waals surface area (Å²) in [6.45, 7) is 5.62. The van der Waals surface area contributed by atoms with Crippen molar-refractivity contribution < 1.29 is 9.21 Å². The molecule has 0 saturated carbocycles. The number of aromatic amines is 1. The van der Waals surface area contributed by atoms with Gasteiger partial charge in [0.2, 0.25) is 5.91 Å². The number of furan rings is 1. The quantitative estimate of drug-likeness (QED) is 0.256. The number of hydrogen-bond donors (Lipinski definition) is 4. The molecule has 1 amide bonds.